The second-order valence-electron chi connectivity index (χ2n) is 3.68. The molecule has 0 amide bonds. The summed E-state index contributed by atoms with van der Waals surface area (Å²) < 4.78 is 25.8. The molecule has 16 heavy (non-hydrogen) atoms. The van der Waals surface area contributed by atoms with Crippen molar-refractivity contribution in [2.45, 2.75) is 11.3 Å². The van der Waals surface area contributed by atoms with E-state index < -0.39 is 11.6 Å². The Bertz CT molecular complexity index is 367. The lowest BCUT2D eigenvalue weighted by Crippen LogP contribution is -2.28. The number of hydrogen-bond acceptors (Lipinski definition) is 3. The highest BCUT2D eigenvalue weighted by Crippen LogP contribution is 2.32. The predicted octanol–water partition coefficient (Wildman–Crippen LogP) is 2.81. The van der Waals surface area contributed by atoms with Gasteiger partial charge in [0, 0.05) is 28.6 Å². The van der Waals surface area contributed by atoms with Crippen LogP contribution in [0, 0.1) is 11.6 Å². The molecule has 2 unspecified atom stereocenters. The zero-order valence-corrected chi connectivity index (χ0v) is 10.3. The summed E-state index contributed by atoms with van der Waals surface area (Å²) in [6, 6.07) is 3.71. The first-order chi connectivity index (χ1) is 7.68. The lowest BCUT2D eigenvalue weighted by atomic mass is 10.1. The van der Waals surface area contributed by atoms with E-state index in [0.717, 1.165) is 23.3 Å². The summed E-state index contributed by atoms with van der Waals surface area (Å²) in [4.78, 5) is 0. The van der Waals surface area contributed by atoms with Crippen molar-refractivity contribution in [2.75, 3.05) is 17.3 Å². The number of rotatable bonds is 2. The standard InChI is InChI=1S/C11H13F2NS2/c12-8-2-1-7(5-9(8)13)11(14)10-6-15-3-4-16-10/h1-2,5,10-11H,3-4,6,14H2. The van der Waals surface area contributed by atoms with E-state index in [-0.39, 0.29) is 6.04 Å². The maximum Gasteiger partial charge on any atom is 0.159 e. The molecule has 1 saturated heterocycles. The smallest absolute Gasteiger partial charge is 0.159 e. The highest BCUT2D eigenvalue weighted by atomic mass is 32.2. The predicted molar refractivity (Wildman–Crippen MR) is 66.9 cm³/mol. The molecule has 1 nitrogen and oxygen atoms in total. The van der Waals surface area contributed by atoms with Gasteiger partial charge in [-0.2, -0.15) is 23.5 Å². The molecule has 1 aromatic carbocycles. The summed E-state index contributed by atoms with van der Waals surface area (Å²) >= 11 is 3.68. The molecule has 1 aliphatic rings. The van der Waals surface area contributed by atoms with Gasteiger partial charge in [0.15, 0.2) is 11.6 Å². The van der Waals surface area contributed by atoms with Crippen molar-refractivity contribution >= 4 is 23.5 Å². The van der Waals surface area contributed by atoms with Crippen LogP contribution in [0.4, 0.5) is 8.78 Å². The van der Waals surface area contributed by atoms with Crippen LogP contribution in [-0.4, -0.2) is 22.5 Å². The average molecular weight is 261 g/mol. The van der Waals surface area contributed by atoms with E-state index in [9.17, 15) is 8.78 Å². The Hall–Kier alpha value is -0.260. The molecule has 1 aliphatic heterocycles. The van der Waals surface area contributed by atoms with E-state index in [0.29, 0.717) is 10.8 Å². The van der Waals surface area contributed by atoms with Crippen LogP contribution in [0.15, 0.2) is 18.2 Å². The monoisotopic (exact) mass is 261 g/mol. The Labute approximate surface area is 102 Å². The molecule has 88 valence electrons. The molecule has 2 rings (SSSR count). The third-order valence-corrected chi connectivity index (χ3v) is 5.46. The largest absolute Gasteiger partial charge is 0.323 e. The van der Waals surface area contributed by atoms with Gasteiger partial charge >= 0.3 is 0 Å². The molecular formula is C11H13F2NS2. The molecule has 1 fully saturated rings. The summed E-state index contributed by atoms with van der Waals surface area (Å²) in [6.07, 6.45) is 0. The second kappa shape index (κ2) is 5.38. The van der Waals surface area contributed by atoms with Crippen molar-refractivity contribution in [1.82, 2.24) is 0 Å². The van der Waals surface area contributed by atoms with Gasteiger partial charge < -0.3 is 5.73 Å². The van der Waals surface area contributed by atoms with Gasteiger partial charge in [0.2, 0.25) is 0 Å². The third-order valence-electron chi connectivity index (χ3n) is 2.57. The fraction of sp³-hybridized carbons (Fsp3) is 0.455. The van der Waals surface area contributed by atoms with Gasteiger partial charge in [0.1, 0.15) is 0 Å². The van der Waals surface area contributed by atoms with Gasteiger partial charge in [-0.05, 0) is 17.7 Å². The van der Waals surface area contributed by atoms with Crippen LogP contribution in [0.3, 0.4) is 0 Å². The quantitative estimate of drug-likeness (QED) is 0.886. The topological polar surface area (TPSA) is 26.0 Å². The number of benzene rings is 1. The van der Waals surface area contributed by atoms with E-state index in [4.69, 9.17) is 5.73 Å². The molecule has 0 aliphatic carbocycles. The first kappa shape index (κ1) is 12.2. The highest BCUT2D eigenvalue weighted by molar-refractivity contribution is 8.06. The maximum atomic E-state index is 13.1. The van der Waals surface area contributed by atoms with Crippen LogP contribution in [0.2, 0.25) is 0 Å². The van der Waals surface area contributed by atoms with Crippen LogP contribution in [0.5, 0.6) is 0 Å². The van der Waals surface area contributed by atoms with E-state index >= 15 is 0 Å². The van der Waals surface area contributed by atoms with E-state index in [1.165, 1.54) is 6.07 Å². The van der Waals surface area contributed by atoms with E-state index in [2.05, 4.69) is 0 Å². The van der Waals surface area contributed by atoms with Crippen molar-refractivity contribution in [3.8, 4) is 0 Å². The van der Waals surface area contributed by atoms with E-state index in [1.54, 1.807) is 6.07 Å². The van der Waals surface area contributed by atoms with Crippen LogP contribution in [0.1, 0.15) is 11.6 Å². The van der Waals surface area contributed by atoms with Gasteiger partial charge in [-0.25, -0.2) is 8.78 Å². The molecule has 0 aromatic heterocycles. The van der Waals surface area contributed by atoms with Crippen molar-refractivity contribution in [1.29, 1.82) is 0 Å². The van der Waals surface area contributed by atoms with Gasteiger partial charge in [-0.15, -0.1) is 0 Å². The first-order valence-electron chi connectivity index (χ1n) is 5.08. The van der Waals surface area contributed by atoms with Crippen LogP contribution in [-0.2, 0) is 0 Å². The minimum absolute atomic E-state index is 0.215. The molecule has 0 spiro atoms. The third kappa shape index (κ3) is 2.70. The number of hydrogen-bond donors (Lipinski definition) is 1. The van der Waals surface area contributed by atoms with Crippen molar-refractivity contribution in [3.05, 3.63) is 35.4 Å². The molecule has 1 aromatic rings. The zero-order chi connectivity index (χ0) is 11.5. The lowest BCUT2D eigenvalue weighted by molar-refractivity contribution is 0.505. The molecule has 2 N–H and O–H groups in total. The second-order valence-corrected chi connectivity index (χ2v) is 6.18. The van der Waals surface area contributed by atoms with Gasteiger partial charge in [0.25, 0.3) is 0 Å². The Kier molecular flexibility index (Phi) is 4.10. The van der Waals surface area contributed by atoms with Gasteiger partial charge in [0.05, 0.1) is 0 Å². The van der Waals surface area contributed by atoms with Crippen LogP contribution < -0.4 is 5.73 Å². The molecule has 2 atom stereocenters. The molecular weight excluding hydrogens is 248 g/mol. The average Bonchev–Trinajstić information content (AvgIpc) is 2.33. The number of nitrogens with two attached hydrogens (primary N) is 1. The molecule has 1 heterocycles. The van der Waals surface area contributed by atoms with Crippen LogP contribution in [0.25, 0.3) is 0 Å². The molecule has 5 heteroatoms. The summed E-state index contributed by atoms with van der Waals surface area (Å²) in [5.74, 6) is 1.56. The SMILES string of the molecule is NC(c1ccc(F)c(F)c1)C1CSCCS1. The minimum atomic E-state index is -0.818. The Balaban J connectivity index is 2.12. The van der Waals surface area contributed by atoms with Crippen molar-refractivity contribution < 1.29 is 8.78 Å². The summed E-state index contributed by atoms with van der Waals surface area (Å²) in [5.41, 5.74) is 6.74. The van der Waals surface area contributed by atoms with Gasteiger partial charge in [-0.3, -0.25) is 0 Å². The first-order valence-corrected chi connectivity index (χ1v) is 7.28. The molecule has 0 saturated carbocycles. The Morgan fingerprint density at radius 2 is 2.06 bits per heavy atom. The van der Waals surface area contributed by atoms with Crippen molar-refractivity contribution in [2.24, 2.45) is 5.73 Å². The summed E-state index contributed by atoms with van der Waals surface area (Å²) in [6.45, 7) is 0. The summed E-state index contributed by atoms with van der Waals surface area (Å²) in [5, 5.41) is 0.295. The normalized spacial score (nSPS) is 23.1. The van der Waals surface area contributed by atoms with Crippen LogP contribution >= 0.6 is 23.5 Å². The zero-order valence-electron chi connectivity index (χ0n) is 8.66. The molecule has 0 radical (unpaired) electrons. The highest BCUT2D eigenvalue weighted by Gasteiger charge is 2.23. The Morgan fingerprint density at radius 3 is 2.69 bits per heavy atom. The summed E-state index contributed by atoms with van der Waals surface area (Å²) in [7, 11) is 0. The Morgan fingerprint density at radius 1 is 1.25 bits per heavy atom. The van der Waals surface area contributed by atoms with Gasteiger partial charge in [-0.1, -0.05) is 6.07 Å². The number of thioether (sulfide) groups is 2. The minimum Gasteiger partial charge on any atom is -0.323 e. The number of halogens is 2. The lowest BCUT2D eigenvalue weighted by Gasteiger charge is -2.27. The van der Waals surface area contributed by atoms with E-state index in [1.807, 2.05) is 23.5 Å². The molecule has 0 bridgehead atoms. The maximum absolute atomic E-state index is 13.1. The van der Waals surface area contributed by atoms with Crippen molar-refractivity contribution in [3.63, 3.8) is 0 Å². The fourth-order valence-electron chi connectivity index (χ4n) is 1.65. The fourth-order valence-corrected chi connectivity index (χ4v) is 4.45.